The summed E-state index contributed by atoms with van der Waals surface area (Å²) in [6.45, 7) is 0. The molecule has 8 heteroatoms. The molecule has 27 heavy (non-hydrogen) atoms. The van der Waals surface area contributed by atoms with Gasteiger partial charge in [0, 0.05) is 25.5 Å². The second kappa shape index (κ2) is 7.45. The summed E-state index contributed by atoms with van der Waals surface area (Å²) >= 11 is 0. The van der Waals surface area contributed by atoms with Crippen molar-refractivity contribution < 1.29 is 22.7 Å². The van der Waals surface area contributed by atoms with E-state index in [0.717, 1.165) is 12.1 Å². The molecular formula is C19H14F3N3O2. The van der Waals surface area contributed by atoms with Gasteiger partial charge < -0.3 is 9.64 Å². The first kappa shape index (κ1) is 18.4. The number of aromatic nitrogens is 2. The minimum atomic E-state index is -4.40. The van der Waals surface area contributed by atoms with Gasteiger partial charge in [0.05, 0.1) is 23.0 Å². The summed E-state index contributed by atoms with van der Waals surface area (Å²) in [6.07, 6.45) is 0.109. The van der Waals surface area contributed by atoms with E-state index in [4.69, 9.17) is 4.74 Å². The molecule has 0 saturated carbocycles. The Morgan fingerprint density at radius 3 is 2.33 bits per heavy atom. The molecule has 1 amide bonds. The largest absolute Gasteiger partial charge is 0.439 e. The molecule has 0 aliphatic carbocycles. The molecule has 0 fully saturated rings. The van der Waals surface area contributed by atoms with Crippen LogP contribution in [0, 0.1) is 0 Å². The van der Waals surface area contributed by atoms with Crippen LogP contribution in [0.4, 0.5) is 18.9 Å². The van der Waals surface area contributed by atoms with Crippen LogP contribution in [0.15, 0.2) is 67.1 Å². The lowest BCUT2D eigenvalue weighted by atomic mass is 10.2. The molecule has 138 valence electrons. The summed E-state index contributed by atoms with van der Waals surface area (Å²) in [5.41, 5.74) is 0.205. The van der Waals surface area contributed by atoms with Crippen LogP contribution in [-0.4, -0.2) is 22.9 Å². The molecule has 2 aromatic heterocycles. The fraction of sp³-hybridized carbons (Fsp3) is 0.105. The molecule has 0 radical (unpaired) electrons. The Labute approximate surface area is 153 Å². The first-order valence-electron chi connectivity index (χ1n) is 7.84. The van der Waals surface area contributed by atoms with Crippen molar-refractivity contribution in [3.8, 4) is 11.6 Å². The predicted molar refractivity (Wildman–Crippen MR) is 92.7 cm³/mol. The van der Waals surface area contributed by atoms with Crippen molar-refractivity contribution in [2.24, 2.45) is 0 Å². The van der Waals surface area contributed by atoms with Crippen molar-refractivity contribution in [1.29, 1.82) is 0 Å². The number of carbonyl (C=O) groups is 1. The fourth-order valence-corrected chi connectivity index (χ4v) is 2.26. The lowest BCUT2D eigenvalue weighted by molar-refractivity contribution is -0.137. The maximum Gasteiger partial charge on any atom is 0.416 e. The van der Waals surface area contributed by atoms with Crippen LogP contribution in [0.1, 0.15) is 15.9 Å². The number of hydrogen-bond donors (Lipinski definition) is 0. The number of hydrogen-bond acceptors (Lipinski definition) is 4. The minimum absolute atomic E-state index is 0.162. The van der Waals surface area contributed by atoms with Gasteiger partial charge in [0.15, 0.2) is 0 Å². The summed E-state index contributed by atoms with van der Waals surface area (Å²) < 4.78 is 43.1. The Morgan fingerprint density at radius 2 is 1.78 bits per heavy atom. The van der Waals surface area contributed by atoms with E-state index in [0.29, 0.717) is 11.3 Å². The van der Waals surface area contributed by atoms with Crippen LogP contribution < -0.4 is 9.64 Å². The molecule has 0 atom stereocenters. The average molecular weight is 373 g/mol. The summed E-state index contributed by atoms with van der Waals surface area (Å²) in [6, 6.07) is 10.7. The molecule has 0 spiro atoms. The van der Waals surface area contributed by atoms with Crippen LogP contribution in [0.25, 0.3) is 0 Å². The van der Waals surface area contributed by atoms with E-state index in [-0.39, 0.29) is 17.5 Å². The summed E-state index contributed by atoms with van der Waals surface area (Å²) in [5.74, 6) is 0.0916. The van der Waals surface area contributed by atoms with Gasteiger partial charge in [-0.2, -0.15) is 13.2 Å². The second-order valence-electron chi connectivity index (χ2n) is 5.58. The summed E-state index contributed by atoms with van der Waals surface area (Å²) in [5, 5.41) is 0. The van der Waals surface area contributed by atoms with Crippen molar-refractivity contribution >= 4 is 11.6 Å². The molecule has 2 heterocycles. The highest BCUT2D eigenvalue weighted by Gasteiger charge is 2.30. The Balaban J connectivity index is 1.69. The van der Waals surface area contributed by atoms with E-state index < -0.39 is 11.7 Å². The average Bonchev–Trinajstić information content (AvgIpc) is 2.68. The predicted octanol–water partition coefficient (Wildman–Crippen LogP) is 4.56. The molecule has 0 saturated heterocycles. The zero-order valence-electron chi connectivity index (χ0n) is 14.1. The number of halogens is 3. The van der Waals surface area contributed by atoms with Crippen molar-refractivity contribution in [1.82, 2.24) is 9.97 Å². The summed E-state index contributed by atoms with van der Waals surface area (Å²) in [4.78, 5) is 21.9. The maximum absolute atomic E-state index is 12.6. The van der Waals surface area contributed by atoms with Gasteiger partial charge in [-0.25, -0.2) is 4.98 Å². The van der Waals surface area contributed by atoms with Gasteiger partial charge in [-0.05, 0) is 42.5 Å². The first-order valence-corrected chi connectivity index (χ1v) is 7.84. The zero-order chi connectivity index (χ0) is 19.4. The standard InChI is InChI=1S/C19H14F3N3O2/c1-25(15-3-2-10-23-12-15)18(26)13-4-9-17(24-11-13)27-16-7-5-14(6-8-16)19(20,21)22/h2-12H,1H3. The van der Waals surface area contributed by atoms with Crippen molar-refractivity contribution in [3.05, 3.63) is 78.2 Å². The van der Waals surface area contributed by atoms with Gasteiger partial charge >= 0.3 is 6.18 Å². The van der Waals surface area contributed by atoms with E-state index in [1.54, 1.807) is 31.6 Å². The molecule has 0 unspecified atom stereocenters. The zero-order valence-corrected chi connectivity index (χ0v) is 14.1. The van der Waals surface area contributed by atoms with Crippen molar-refractivity contribution in [2.45, 2.75) is 6.18 Å². The number of anilines is 1. The quantitative estimate of drug-likeness (QED) is 0.673. The number of amides is 1. The normalized spacial score (nSPS) is 11.1. The Hall–Kier alpha value is -3.42. The van der Waals surface area contributed by atoms with Crippen LogP contribution in [0.2, 0.25) is 0 Å². The third kappa shape index (κ3) is 4.41. The SMILES string of the molecule is CN(C(=O)c1ccc(Oc2ccc(C(F)(F)F)cc2)nc1)c1cccnc1. The van der Waals surface area contributed by atoms with Crippen molar-refractivity contribution in [3.63, 3.8) is 0 Å². The fourth-order valence-electron chi connectivity index (χ4n) is 2.26. The van der Waals surface area contributed by atoms with E-state index in [9.17, 15) is 18.0 Å². The highest BCUT2D eigenvalue weighted by atomic mass is 19.4. The van der Waals surface area contributed by atoms with Crippen LogP contribution >= 0.6 is 0 Å². The van der Waals surface area contributed by atoms with E-state index >= 15 is 0 Å². The molecule has 0 bridgehead atoms. The van der Waals surface area contributed by atoms with Gasteiger partial charge in [-0.1, -0.05) is 0 Å². The Kier molecular flexibility index (Phi) is 5.07. The Bertz CT molecular complexity index is 912. The molecular weight excluding hydrogens is 359 g/mol. The van der Waals surface area contributed by atoms with Gasteiger partial charge in [0.1, 0.15) is 5.75 Å². The lowest BCUT2D eigenvalue weighted by Gasteiger charge is -2.16. The van der Waals surface area contributed by atoms with Crippen LogP contribution in [-0.2, 0) is 6.18 Å². The number of ether oxygens (including phenoxy) is 1. The number of benzene rings is 1. The molecule has 3 aromatic rings. The number of pyridine rings is 2. The molecule has 3 rings (SSSR count). The topological polar surface area (TPSA) is 55.3 Å². The van der Waals surface area contributed by atoms with Crippen molar-refractivity contribution in [2.75, 3.05) is 11.9 Å². The van der Waals surface area contributed by atoms with E-state index in [1.807, 2.05) is 0 Å². The smallest absolute Gasteiger partial charge is 0.416 e. The molecule has 5 nitrogen and oxygen atoms in total. The van der Waals surface area contributed by atoms with E-state index in [2.05, 4.69) is 9.97 Å². The number of carbonyl (C=O) groups excluding carboxylic acids is 1. The highest BCUT2D eigenvalue weighted by Crippen LogP contribution is 2.31. The van der Waals surface area contributed by atoms with Crippen LogP contribution in [0.5, 0.6) is 11.6 Å². The second-order valence-corrected chi connectivity index (χ2v) is 5.58. The molecule has 0 N–H and O–H groups in total. The van der Waals surface area contributed by atoms with Gasteiger partial charge in [-0.3, -0.25) is 9.78 Å². The molecule has 0 aliphatic heterocycles. The highest BCUT2D eigenvalue weighted by molar-refractivity contribution is 6.05. The minimum Gasteiger partial charge on any atom is -0.439 e. The van der Waals surface area contributed by atoms with Gasteiger partial charge in [0.2, 0.25) is 5.88 Å². The number of alkyl halides is 3. The third-order valence-electron chi connectivity index (χ3n) is 3.73. The first-order chi connectivity index (χ1) is 12.8. The number of rotatable bonds is 4. The number of nitrogens with zero attached hydrogens (tertiary/aromatic N) is 3. The molecule has 1 aromatic carbocycles. The van der Waals surface area contributed by atoms with E-state index in [1.165, 1.54) is 35.4 Å². The maximum atomic E-state index is 12.6. The monoisotopic (exact) mass is 373 g/mol. The third-order valence-corrected chi connectivity index (χ3v) is 3.73. The van der Waals surface area contributed by atoms with Gasteiger partial charge in [0.25, 0.3) is 5.91 Å². The molecule has 0 aliphatic rings. The van der Waals surface area contributed by atoms with Gasteiger partial charge in [-0.15, -0.1) is 0 Å². The Morgan fingerprint density at radius 1 is 1.04 bits per heavy atom. The summed E-state index contributed by atoms with van der Waals surface area (Å²) in [7, 11) is 1.62. The van der Waals surface area contributed by atoms with Crippen LogP contribution in [0.3, 0.4) is 0 Å². The lowest BCUT2D eigenvalue weighted by Crippen LogP contribution is -2.26.